The molecular weight excluding hydrogens is 230 g/mol. The molecule has 0 N–H and O–H groups in total. The fourth-order valence-corrected chi connectivity index (χ4v) is 2.48. The van der Waals surface area contributed by atoms with Gasteiger partial charge in [0.2, 0.25) is 5.91 Å². The molecule has 0 bridgehead atoms. The fraction of sp³-hybridized carbons (Fsp3) is 0.429. The van der Waals surface area contributed by atoms with Gasteiger partial charge in [-0.25, -0.2) is 0 Å². The number of benzene rings is 1. The molecule has 2 atom stereocenters. The second kappa shape index (κ2) is 4.44. The summed E-state index contributed by atoms with van der Waals surface area (Å²) in [6.45, 7) is 0. The van der Waals surface area contributed by atoms with Crippen LogP contribution in [-0.2, 0) is 14.3 Å². The quantitative estimate of drug-likeness (QED) is 0.599. The van der Waals surface area contributed by atoms with Crippen molar-refractivity contribution >= 4 is 11.9 Å². The Labute approximate surface area is 107 Å². The van der Waals surface area contributed by atoms with Crippen molar-refractivity contribution < 1.29 is 14.3 Å². The van der Waals surface area contributed by atoms with E-state index in [1.54, 1.807) is 14.1 Å². The molecule has 1 fully saturated rings. The van der Waals surface area contributed by atoms with Gasteiger partial charge in [0.1, 0.15) is 0 Å². The topological polar surface area (TPSA) is 46.6 Å². The van der Waals surface area contributed by atoms with Crippen LogP contribution in [0.5, 0.6) is 0 Å². The van der Waals surface area contributed by atoms with Gasteiger partial charge in [0.25, 0.3) is 0 Å². The Morgan fingerprint density at radius 1 is 1.28 bits per heavy atom. The summed E-state index contributed by atoms with van der Waals surface area (Å²) >= 11 is 0. The highest BCUT2D eigenvalue weighted by Crippen LogP contribution is 2.60. The highest BCUT2D eigenvalue weighted by atomic mass is 16.5. The lowest BCUT2D eigenvalue weighted by atomic mass is 9.97. The predicted octanol–water partition coefficient (Wildman–Crippen LogP) is 1.42. The van der Waals surface area contributed by atoms with Crippen LogP contribution in [0.1, 0.15) is 17.9 Å². The molecule has 0 saturated heterocycles. The first-order valence-electron chi connectivity index (χ1n) is 5.89. The van der Waals surface area contributed by atoms with Crippen molar-refractivity contribution in [2.45, 2.75) is 12.3 Å². The third kappa shape index (κ3) is 1.78. The van der Waals surface area contributed by atoms with Gasteiger partial charge in [0.15, 0.2) is 5.41 Å². The highest BCUT2D eigenvalue weighted by Gasteiger charge is 2.67. The van der Waals surface area contributed by atoms with Crippen molar-refractivity contribution in [1.82, 2.24) is 4.90 Å². The molecule has 1 aromatic rings. The van der Waals surface area contributed by atoms with Gasteiger partial charge < -0.3 is 9.64 Å². The average molecular weight is 247 g/mol. The van der Waals surface area contributed by atoms with Gasteiger partial charge in [-0.05, 0) is 12.0 Å². The van der Waals surface area contributed by atoms with E-state index in [2.05, 4.69) is 0 Å². The molecule has 1 saturated carbocycles. The molecule has 4 nitrogen and oxygen atoms in total. The maximum absolute atomic E-state index is 12.2. The number of amides is 1. The Morgan fingerprint density at radius 2 is 1.89 bits per heavy atom. The van der Waals surface area contributed by atoms with Crippen LogP contribution in [0.4, 0.5) is 0 Å². The second-order valence-electron chi connectivity index (χ2n) is 4.83. The van der Waals surface area contributed by atoms with E-state index in [0.717, 1.165) is 5.56 Å². The summed E-state index contributed by atoms with van der Waals surface area (Å²) in [5.74, 6) is -0.681. The molecule has 0 aliphatic heterocycles. The van der Waals surface area contributed by atoms with Gasteiger partial charge in [-0.3, -0.25) is 9.59 Å². The molecule has 4 heteroatoms. The molecule has 0 heterocycles. The van der Waals surface area contributed by atoms with E-state index >= 15 is 0 Å². The third-order valence-corrected chi connectivity index (χ3v) is 3.50. The molecule has 0 aromatic heterocycles. The number of methoxy groups -OCH3 is 1. The van der Waals surface area contributed by atoms with Crippen molar-refractivity contribution in [2.24, 2.45) is 5.41 Å². The molecule has 0 radical (unpaired) electrons. The van der Waals surface area contributed by atoms with Crippen LogP contribution in [0, 0.1) is 5.41 Å². The molecule has 1 amide bonds. The summed E-state index contributed by atoms with van der Waals surface area (Å²) in [5, 5.41) is 0. The summed E-state index contributed by atoms with van der Waals surface area (Å²) in [5.41, 5.74) is -0.00215. The van der Waals surface area contributed by atoms with E-state index in [1.165, 1.54) is 12.0 Å². The summed E-state index contributed by atoms with van der Waals surface area (Å²) < 4.78 is 4.81. The normalized spacial score (nSPS) is 25.4. The van der Waals surface area contributed by atoms with Crippen molar-refractivity contribution in [2.75, 3.05) is 21.2 Å². The number of carbonyl (C=O) groups excluding carboxylic acids is 2. The van der Waals surface area contributed by atoms with Crippen LogP contribution in [0.3, 0.4) is 0 Å². The minimum Gasteiger partial charge on any atom is -0.468 e. The van der Waals surface area contributed by atoms with Gasteiger partial charge in [0.05, 0.1) is 7.11 Å². The van der Waals surface area contributed by atoms with E-state index in [4.69, 9.17) is 4.74 Å². The number of hydrogen-bond acceptors (Lipinski definition) is 3. The average Bonchev–Trinajstić information content (AvgIpc) is 3.14. The minimum absolute atomic E-state index is 0.0685. The monoisotopic (exact) mass is 247 g/mol. The SMILES string of the molecule is COC(=O)[C@]1(C(=O)N(C)C)C[C@@H]1c1ccccc1. The van der Waals surface area contributed by atoms with Crippen molar-refractivity contribution in [3.8, 4) is 0 Å². The van der Waals surface area contributed by atoms with E-state index in [1.807, 2.05) is 30.3 Å². The molecule has 18 heavy (non-hydrogen) atoms. The zero-order chi connectivity index (χ0) is 13.3. The smallest absolute Gasteiger partial charge is 0.322 e. The van der Waals surface area contributed by atoms with Gasteiger partial charge in [0, 0.05) is 20.0 Å². The maximum atomic E-state index is 12.2. The van der Waals surface area contributed by atoms with Gasteiger partial charge in [-0.1, -0.05) is 30.3 Å². The first kappa shape index (κ1) is 12.6. The summed E-state index contributed by atoms with van der Waals surface area (Å²) in [6, 6.07) is 9.63. The molecular formula is C14H17NO3. The van der Waals surface area contributed by atoms with E-state index in [9.17, 15) is 9.59 Å². The zero-order valence-corrected chi connectivity index (χ0v) is 10.8. The largest absolute Gasteiger partial charge is 0.468 e. The summed E-state index contributed by atoms with van der Waals surface area (Å²) in [4.78, 5) is 25.7. The Balaban J connectivity index is 2.32. The maximum Gasteiger partial charge on any atom is 0.322 e. The standard InChI is InChI=1S/C14H17NO3/c1-15(2)12(16)14(13(17)18-3)9-11(14)10-7-5-4-6-8-10/h4-8,11H,9H2,1-3H3/t11-,14-/m1/s1. The predicted molar refractivity (Wildman–Crippen MR) is 66.9 cm³/mol. The van der Waals surface area contributed by atoms with Crippen molar-refractivity contribution in [3.63, 3.8) is 0 Å². The second-order valence-corrected chi connectivity index (χ2v) is 4.83. The fourth-order valence-electron chi connectivity index (χ4n) is 2.48. The van der Waals surface area contributed by atoms with Crippen LogP contribution < -0.4 is 0 Å². The van der Waals surface area contributed by atoms with Crippen LogP contribution in [0.2, 0.25) is 0 Å². The van der Waals surface area contributed by atoms with Crippen LogP contribution in [0.15, 0.2) is 30.3 Å². The molecule has 1 aliphatic rings. The Morgan fingerprint density at radius 3 is 2.39 bits per heavy atom. The lowest BCUT2D eigenvalue weighted by Crippen LogP contribution is -2.38. The minimum atomic E-state index is -1.01. The lowest BCUT2D eigenvalue weighted by molar-refractivity contribution is -0.155. The number of esters is 1. The molecule has 1 aliphatic carbocycles. The Kier molecular flexibility index (Phi) is 3.11. The lowest BCUT2D eigenvalue weighted by Gasteiger charge is -2.19. The number of nitrogens with zero attached hydrogens (tertiary/aromatic N) is 1. The molecule has 0 unspecified atom stereocenters. The molecule has 2 rings (SSSR count). The third-order valence-electron chi connectivity index (χ3n) is 3.50. The summed E-state index contributed by atoms with van der Waals surface area (Å²) in [7, 11) is 4.65. The van der Waals surface area contributed by atoms with E-state index in [-0.39, 0.29) is 11.8 Å². The zero-order valence-electron chi connectivity index (χ0n) is 10.8. The van der Waals surface area contributed by atoms with Crippen LogP contribution in [0.25, 0.3) is 0 Å². The first-order valence-corrected chi connectivity index (χ1v) is 5.89. The summed E-state index contributed by atoms with van der Waals surface area (Å²) in [6.07, 6.45) is 0.528. The van der Waals surface area contributed by atoms with Gasteiger partial charge in [-0.2, -0.15) is 0 Å². The van der Waals surface area contributed by atoms with Crippen LogP contribution >= 0.6 is 0 Å². The molecule has 96 valence electrons. The van der Waals surface area contributed by atoms with E-state index < -0.39 is 11.4 Å². The van der Waals surface area contributed by atoms with Crippen molar-refractivity contribution in [1.29, 1.82) is 0 Å². The number of hydrogen-bond donors (Lipinski definition) is 0. The Bertz CT molecular complexity index is 469. The first-order chi connectivity index (χ1) is 8.54. The van der Waals surface area contributed by atoms with Gasteiger partial charge in [-0.15, -0.1) is 0 Å². The molecule has 1 aromatic carbocycles. The van der Waals surface area contributed by atoms with Crippen molar-refractivity contribution in [3.05, 3.63) is 35.9 Å². The Hall–Kier alpha value is -1.84. The van der Waals surface area contributed by atoms with Gasteiger partial charge >= 0.3 is 5.97 Å². The van der Waals surface area contributed by atoms with Crippen LogP contribution in [-0.4, -0.2) is 38.0 Å². The molecule has 0 spiro atoms. The van der Waals surface area contributed by atoms with E-state index in [0.29, 0.717) is 6.42 Å². The number of rotatable bonds is 3. The highest BCUT2D eigenvalue weighted by molar-refractivity contribution is 6.07. The number of carbonyl (C=O) groups is 2. The number of ether oxygens (including phenoxy) is 1.